The summed E-state index contributed by atoms with van der Waals surface area (Å²) in [5.74, 6) is 0.913. The van der Waals surface area contributed by atoms with E-state index in [9.17, 15) is 0 Å². The van der Waals surface area contributed by atoms with E-state index in [2.05, 4.69) is 17.5 Å². The van der Waals surface area contributed by atoms with E-state index in [0.29, 0.717) is 0 Å². The zero-order chi connectivity index (χ0) is 6.53. The van der Waals surface area contributed by atoms with E-state index < -0.39 is 0 Å². The SMILES string of the molecule is SNCC1CCCCC1. The maximum absolute atomic E-state index is 3.98. The van der Waals surface area contributed by atoms with Crippen molar-refractivity contribution in [3.63, 3.8) is 0 Å². The first kappa shape index (κ1) is 7.42. The maximum atomic E-state index is 3.98. The summed E-state index contributed by atoms with van der Waals surface area (Å²) in [6.07, 6.45) is 7.13. The van der Waals surface area contributed by atoms with E-state index in [-0.39, 0.29) is 0 Å². The van der Waals surface area contributed by atoms with Crippen LogP contribution in [0.3, 0.4) is 0 Å². The monoisotopic (exact) mass is 145 g/mol. The van der Waals surface area contributed by atoms with Crippen molar-refractivity contribution in [2.45, 2.75) is 32.1 Å². The van der Waals surface area contributed by atoms with Crippen LogP contribution in [0, 0.1) is 5.92 Å². The van der Waals surface area contributed by atoms with Gasteiger partial charge in [0.1, 0.15) is 0 Å². The molecule has 9 heavy (non-hydrogen) atoms. The lowest BCUT2D eigenvalue weighted by atomic mass is 9.90. The Bertz CT molecular complexity index is 66.6. The Morgan fingerprint density at radius 3 is 2.44 bits per heavy atom. The molecule has 0 saturated heterocycles. The summed E-state index contributed by atoms with van der Waals surface area (Å²) in [6.45, 7) is 1.10. The molecule has 1 aliphatic carbocycles. The fourth-order valence-electron chi connectivity index (χ4n) is 1.52. The summed E-state index contributed by atoms with van der Waals surface area (Å²) in [6, 6.07) is 0. The lowest BCUT2D eigenvalue weighted by Crippen LogP contribution is -2.17. The van der Waals surface area contributed by atoms with Crippen LogP contribution in [0.1, 0.15) is 32.1 Å². The summed E-state index contributed by atoms with van der Waals surface area (Å²) in [5, 5.41) is 0. The van der Waals surface area contributed by atoms with E-state index in [1.807, 2.05) is 0 Å². The molecule has 0 heterocycles. The summed E-state index contributed by atoms with van der Waals surface area (Å²) >= 11 is 3.98. The van der Waals surface area contributed by atoms with Gasteiger partial charge in [-0.3, -0.25) is 4.72 Å². The van der Waals surface area contributed by atoms with Crippen LogP contribution >= 0.6 is 12.8 Å². The molecular weight excluding hydrogens is 130 g/mol. The van der Waals surface area contributed by atoms with Gasteiger partial charge in [-0.25, -0.2) is 0 Å². The minimum absolute atomic E-state index is 0.913. The highest BCUT2D eigenvalue weighted by molar-refractivity contribution is 7.78. The molecule has 0 bridgehead atoms. The Hall–Kier alpha value is 0.310. The van der Waals surface area contributed by atoms with E-state index in [0.717, 1.165) is 12.5 Å². The van der Waals surface area contributed by atoms with Crippen LogP contribution < -0.4 is 4.72 Å². The molecule has 0 atom stereocenters. The molecule has 0 amide bonds. The van der Waals surface area contributed by atoms with Crippen molar-refractivity contribution in [1.29, 1.82) is 0 Å². The number of nitrogens with one attached hydrogen (secondary N) is 1. The van der Waals surface area contributed by atoms with Gasteiger partial charge >= 0.3 is 0 Å². The van der Waals surface area contributed by atoms with Crippen molar-refractivity contribution in [1.82, 2.24) is 4.72 Å². The number of rotatable bonds is 2. The number of hydrogen-bond acceptors (Lipinski definition) is 2. The average molecular weight is 145 g/mol. The van der Waals surface area contributed by atoms with Gasteiger partial charge in [-0.2, -0.15) is 0 Å². The van der Waals surface area contributed by atoms with E-state index >= 15 is 0 Å². The van der Waals surface area contributed by atoms with Crippen molar-refractivity contribution in [2.24, 2.45) is 5.92 Å². The molecule has 2 heteroatoms. The first-order valence-electron chi connectivity index (χ1n) is 3.80. The summed E-state index contributed by atoms with van der Waals surface area (Å²) in [7, 11) is 0. The van der Waals surface area contributed by atoms with Gasteiger partial charge in [0.05, 0.1) is 0 Å². The molecule has 0 aromatic heterocycles. The second kappa shape index (κ2) is 4.18. The highest BCUT2D eigenvalue weighted by atomic mass is 32.1. The molecular formula is C7H15NS. The van der Waals surface area contributed by atoms with Crippen molar-refractivity contribution >= 4 is 12.8 Å². The van der Waals surface area contributed by atoms with Crippen LogP contribution in [0.25, 0.3) is 0 Å². The predicted octanol–water partition coefficient (Wildman–Crippen LogP) is 2.00. The van der Waals surface area contributed by atoms with Crippen LogP contribution in [-0.4, -0.2) is 6.54 Å². The Morgan fingerprint density at radius 1 is 1.22 bits per heavy atom. The van der Waals surface area contributed by atoms with Crippen molar-refractivity contribution in [2.75, 3.05) is 6.54 Å². The van der Waals surface area contributed by atoms with E-state index in [1.165, 1.54) is 32.1 Å². The topological polar surface area (TPSA) is 12.0 Å². The minimum Gasteiger partial charge on any atom is -0.267 e. The highest BCUT2D eigenvalue weighted by Gasteiger charge is 2.11. The zero-order valence-corrected chi connectivity index (χ0v) is 6.66. The van der Waals surface area contributed by atoms with Crippen LogP contribution in [0.5, 0.6) is 0 Å². The van der Waals surface area contributed by atoms with Crippen LogP contribution in [-0.2, 0) is 0 Å². The van der Waals surface area contributed by atoms with Gasteiger partial charge in [-0.05, 0) is 18.8 Å². The Labute approximate surface area is 62.8 Å². The predicted molar refractivity (Wildman–Crippen MR) is 43.6 cm³/mol. The molecule has 1 N–H and O–H groups in total. The standard InChI is InChI=1S/C7H15NS/c9-8-6-7-4-2-1-3-5-7/h7-9H,1-6H2. The van der Waals surface area contributed by atoms with Crippen molar-refractivity contribution < 1.29 is 0 Å². The van der Waals surface area contributed by atoms with Crippen molar-refractivity contribution in [3.8, 4) is 0 Å². The van der Waals surface area contributed by atoms with Gasteiger partial charge in [0.2, 0.25) is 0 Å². The van der Waals surface area contributed by atoms with Crippen LogP contribution in [0.4, 0.5) is 0 Å². The molecule has 0 radical (unpaired) electrons. The Balaban J connectivity index is 2.08. The Kier molecular flexibility index (Phi) is 3.44. The molecule has 0 unspecified atom stereocenters. The van der Waals surface area contributed by atoms with E-state index in [4.69, 9.17) is 0 Å². The third-order valence-electron chi connectivity index (χ3n) is 2.10. The second-order valence-electron chi connectivity index (χ2n) is 2.87. The molecule has 1 nitrogen and oxygen atoms in total. The van der Waals surface area contributed by atoms with Gasteiger partial charge in [0, 0.05) is 6.54 Å². The first-order valence-corrected chi connectivity index (χ1v) is 4.25. The average Bonchev–Trinajstić information content (AvgIpc) is 1.91. The van der Waals surface area contributed by atoms with Crippen LogP contribution in [0.15, 0.2) is 0 Å². The second-order valence-corrected chi connectivity index (χ2v) is 3.18. The van der Waals surface area contributed by atoms with Gasteiger partial charge in [0.15, 0.2) is 0 Å². The smallest absolute Gasteiger partial charge is 0.00845 e. The largest absolute Gasteiger partial charge is 0.267 e. The van der Waals surface area contributed by atoms with Crippen molar-refractivity contribution in [3.05, 3.63) is 0 Å². The van der Waals surface area contributed by atoms with E-state index in [1.54, 1.807) is 0 Å². The lowest BCUT2D eigenvalue weighted by Gasteiger charge is -2.20. The fourth-order valence-corrected chi connectivity index (χ4v) is 1.78. The Morgan fingerprint density at radius 2 is 1.89 bits per heavy atom. The molecule has 1 fully saturated rings. The fraction of sp³-hybridized carbons (Fsp3) is 1.00. The molecule has 54 valence electrons. The van der Waals surface area contributed by atoms with Gasteiger partial charge in [-0.15, -0.1) is 0 Å². The zero-order valence-electron chi connectivity index (χ0n) is 5.77. The molecule has 0 aromatic rings. The quantitative estimate of drug-likeness (QED) is 0.566. The number of thiol groups is 1. The molecule has 0 aliphatic heterocycles. The first-order chi connectivity index (χ1) is 4.43. The normalized spacial score (nSPS) is 22.3. The van der Waals surface area contributed by atoms with Gasteiger partial charge in [-0.1, -0.05) is 32.1 Å². The molecule has 1 aliphatic rings. The lowest BCUT2D eigenvalue weighted by molar-refractivity contribution is 0.360. The third-order valence-corrected chi connectivity index (χ3v) is 2.29. The molecule has 0 spiro atoms. The molecule has 0 aromatic carbocycles. The maximum Gasteiger partial charge on any atom is 0.00845 e. The summed E-state index contributed by atoms with van der Waals surface area (Å²) < 4.78 is 2.93. The number of hydrogen-bond donors (Lipinski definition) is 2. The minimum atomic E-state index is 0.913. The van der Waals surface area contributed by atoms with Gasteiger partial charge < -0.3 is 0 Å². The summed E-state index contributed by atoms with van der Waals surface area (Å²) in [5.41, 5.74) is 0. The summed E-state index contributed by atoms with van der Waals surface area (Å²) in [4.78, 5) is 0. The molecule has 1 rings (SSSR count). The third kappa shape index (κ3) is 2.59. The molecule has 1 saturated carbocycles. The van der Waals surface area contributed by atoms with Crippen LogP contribution in [0.2, 0.25) is 0 Å². The van der Waals surface area contributed by atoms with Gasteiger partial charge in [0.25, 0.3) is 0 Å². The highest BCUT2D eigenvalue weighted by Crippen LogP contribution is 2.22.